The molecule has 0 aliphatic rings. The van der Waals surface area contributed by atoms with E-state index in [1.54, 1.807) is 6.26 Å². The van der Waals surface area contributed by atoms with Crippen LogP contribution in [0.25, 0.3) is 21.7 Å². The van der Waals surface area contributed by atoms with Crippen LogP contribution < -0.4 is 5.32 Å². The van der Waals surface area contributed by atoms with Crippen LogP contribution in [0.5, 0.6) is 0 Å². The van der Waals surface area contributed by atoms with Crippen molar-refractivity contribution in [3.8, 4) is 0 Å². The van der Waals surface area contributed by atoms with Crippen molar-refractivity contribution in [2.45, 2.75) is 33.2 Å². The molecule has 5 nitrogen and oxygen atoms in total. The van der Waals surface area contributed by atoms with Crippen molar-refractivity contribution in [1.82, 2.24) is 5.32 Å². The molecule has 1 amide bonds. The van der Waals surface area contributed by atoms with Gasteiger partial charge in [-0.15, -0.1) is 0 Å². The molecule has 0 saturated heterocycles. The van der Waals surface area contributed by atoms with Crippen LogP contribution in [0.1, 0.15) is 26.3 Å². The van der Waals surface area contributed by atoms with E-state index in [1.165, 1.54) is 0 Å². The van der Waals surface area contributed by atoms with Crippen molar-refractivity contribution < 1.29 is 18.7 Å². The van der Waals surface area contributed by atoms with Crippen LogP contribution in [0.2, 0.25) is 0 Å². The second kappa shape index (κ2) is 7.60. The first-order chi connectivity index (χ1) is 12.5. The molecule has 0 spiro atoms. The predicted octanol–water partition coefficient (Wildman–Crippen LogP) is 3.83. The third kappa shape index (κ3) is 3.87. The Morgan fingerprint density at radius 1 is 1.12 bits per heavy atom. The molecule has 0 saturated carbocycles. The molecule has 1 unspecified atom stereocenters. The second-order valence-corrected chi connectivity index (χ2v) is 6.86. The predicted molar refractivity (Wildman–Crippen MR) is 101 cm³/mol. The van der Waals surface area contributed by atoms with Crippen LogP contribution >= 0.6 is 0 Å². The monoisotopic (exact) mass is 353 g/mol. The number of carbonyl (C=O) groups is 2. The number of hydrogen-bond acceptors (Lipinski definition) is 4. The number of esters is 1. The van der Waals surface area contributed by atoms with Crippen molar-refractivity contribution in [3.63, 3.8) is 0 Å². The topological polar surface area (TPSA) is 68.5 Å². The van der Waals surface area contributed by atoms with Gasteiger partial charge < -0.3 is 14.5 Å². The average Bonchev–Trinajstić information content (AvgIpc) is 3.03. The van der Waals surface area contributed by atoms with Gasteiger partial charge in [-0.05, 0) is 29.7 Å². The molecule has 0 radical (unpaired) electrons. The molecule has 136 valence electrons. The minimum Gasteiger partial charge on any atom is -0.464 e. The number of carbonyl (C=O) groups excluding carboxylic acids is 2. The van der Waals surface area contributed by atoms with Gasteiger partial charge in [0.1, 0.15) is 5.58 Å². The standard InChI is InChI=1S/C21H23NO4/c1-13(2)14(3)22-19(23)12-26-20(24)10-16-11-25-18-9-8-15-6-4-5-7-17(15)21(16)18/h4-9,11,13-14H,10,12H2,1-3H3,(H,22,23). The first kappa shape index (κ1) is 18.0. The van der Waals surface area contributed by atoms with Gasteiger partial charge in [-0.3, -0.25) is 9.59 Å². The Hall–Kier alpha value is -2.82. The summed E-state index contributed by atoms with van der Waals surface area (Å²) in [7, 11) is 0. The molecule has 0 fully saturated rings. The van der Waals surface area contributed by atoms with Gasteiger partial charge in [0.15, 0.2) is 6.61 Å². The van der Waals surface area contributed by atoms with E-state index in [2.05, 4.69) is 5.32 Å². The minimum absolute atomic E-state index is 0.0328. The molecule has 26 heavy (non-hydrogen) atoms. The molecule has 0 aliphatic heterocycles. The highest BCUT2D eigenvalue weighted by Crippen LogP contribution is 2.30. The number of ether oxygens (including phenoxy) is 1. The highest BCUT2D eigenvalue weighted by atomic mass is 16.5. The molecule has 3 rings (SSSR count). The van der Waals surface area contributed by atoms with Crippen molar-refractivity contribution >= 4 is 33.6 Å². The summed E-state index contributed by atoms with van der Waals surface area (Å²) in [6.45, 7) is 5.69. The fraction of sp³-hybridized carbons (Fsp3) is 0.333. The van der Waals surface area contributed by atoms with E-state index in [1.807, 2.05) is 57.2 Å². The van der Waals surface area contributed by atoms with E-state index >= 15 is 0 Å². The van der Waals surface area contributed by atoms with Gasteiger partial charge in [0, 0.05) is 17.0 Å². The van der Waals surface area contributed by atoms with Crippen LogP contribution in [0.4, 0.5) is 0 Å². The van der Waals surface area contributed by atoms with E-state index < -0.39 is 5.97 Å². The lowest BCUT2D eigenvalue weighted by atomic mass is 10.0. The molecule has 2 aromatic carbocycles. The average molecular weight is 353 g/mol. The highest BCUT2D eigenvalue weighted by molar-refractivity contribution is 6.08. The SMILES string of the molecule is CC(C)C(C)NC(=O)COC(=O)Cc1coc2ccc3ccccc3c12. The normalized spacial score (nSPS) is 12.5. The maximum absolute atomic E-state index is 12.2. The number of benzene rings is 2. The lowest BCUT2D eigenvalue weighted by Crippen LogP contribution is -2.38. The smallest absolute Gasteiger partial charge is 0.310 e. The van der Waals surface area contributed by atoms with Gasteiger partial charge in [0.05, 0.1) is 12.7 Å². The third-order valence-electron chi connectivity index (χ3n) is 4.63. The number of fused-ring (bicyclic) bond motifs is 3. The van der Waals surface area contributed by atoms with Crippen LogP contribution in [0, 0.1) is 5.92 Å². The Labute approximate surface area is 152 Å². The first-order valence-electron chi connectivity index (χ1n) is 8.78. The molecule has 1 heterocycles. The van der Waals surface area contributed by atoms with Crippen molar-refractivity contribution in [3.05, 3.63) is 48.2 Å². The lowest BCUT2D eigenvalue weighted by molar-refractivity contribution is -0.148. The Morgan fingerprint density at radius 3 is 2.65 bits per heavy atom. The van der Waals surface area contributed by atoms with Crippen LogP contribution in [0.3, 0.4) is 0 Å². The number of nitrogens with one attached hydrogen (secondary N) is 1. The lowest BCUT2D eigenvalue weighted by Gasteiger charge is -2.17. The largest absolute Gasteiger partial charge is 0.464 e. The maximum Gasteiger partial charge on any atom is 0.310 e. The van der Waals surface area contributed by atoms with Crippen LogP contribution in [-0.4, -0.2) is 24.5 Å². The zero-order chi connectivity index (χ0) is 18.7. The summed E-state index contributed by atoms with van der Waals surface area (Å²) in [4.78, 5) is 24.0. The molecule has 0 aliphatic carbocycles. The Balaban J connectivity index is 1.68. The quantitative estimate of drug-likeness (QED) is 0.684. The van der Waals surface area contributed by atoms with Gasteiger partial charge >= 0.3 is 5.97 Å². The zero-order valence-corrected chi connectivity index (χ0v) is 15.2. The van der Waals surface area contributed by atoms with Crippen LogP contribution in [-0.2, 0) is 20.7 Å². The molecule has 5 heteroatoms. The molecule has 0 bridgehead atoms. The van der Waals surface area contributed by atoms with E-state index in [4.69, 9.17) is 9.15 Å². The van der Waals surface area contributed by atoms with Gasteiger partial charge in [-0.2, -0.15) is 0 Å². The summed E-state index contributed by atoms with van der Waals surface area (Å²) in [6.07, 6.45) is 1.65. The number of hydrogen-bond donors (Lipinski definition) is 1. The summed E-state index contributed by atoms with van der Waals surface area (Å²) < 4.78 is 10.7. The number of amides is 1. The molecule has 1 aromatic heterocycles. The molecule has 1 atom stereocenters. The van der Waals surface area contributed by atoms with Crippen LogP contribution in [0.15, 0.2) is 47.1 Å². The fourth-order valence-electron chi connectivity index (χ4n) is 2.82. The van der Waals surface area contributed by atoms with Gasteiger partial charge in [0.2, 0.25) is 0 Å². The summed E-state index contributed by atoms with van der Waals surface area (Å²) in [5.74, 6) is -0.421. The summed E-state index contributed by atoms with van der Waals surface area (Å²) >= 11 is 0. The number of furan rings is 1. The zero-order valence-electron chi connectivity index (χ0n) is 15.2. The van der Waals surface area contributed by atoms with E-state index in [-0.39, 0.29) is 25.0 Å². The van der Waals surface area contributed by atoms with Gasteiger partial charge in [-0.25, -0.2) is 0 Å². The Kier molecular flexibility index (Phi) is 5.26. The third-order valence-corrected chi connectivity index (χ3v) is 4.63. The minimum atomic E-state index is -0.451. The second-order valence-electron chi connectivity index (χ2n) is 6.86. The van der Waals surface area contributed by atoms with Crippen molar-refractivity contribution in [1.29, 1.82) is 0 Å². The van der Waals surface area contributed by atoms with Gasteiger partial charge in [-0.1, -0.05) is 44.2 Å². The van der Waals surface area contributed by atoms with Gasteiger partial charge in [0.25, 0.3) is 5.91 Å². The molecule has 3 aromatic rings. The van der Waals surface area contributed by atoms with E-state index in [9.17, 15) is 9.59 Å². The molecule has 1 N–H and O–H groups in total. The highest BCUT2D eigenvalue weighted by Gasteiger charge is 2.16. The molecular weight excluding hydrogens is 330 g/mol. The molecular formula is C21H23NO4. The van der Waals surface area contributed by atoms with E-state index in [0.29, 0.717) is 5.92 Å². The summed E-state index contributed by atoms with van der Waals surface area (Å²) in [6, 6.07) is 11.9. The van der Waals surface area contributed by atoms with E-state index in [0.717, 1.165) is 27.3 Å². The fourth-order valence-corrected chi connectivity index (χ4v) is 2.82. The number of rotatable bonds is 6. The van der Waals surface area contributed by atoms with Crippen molar-refractivity contribution in [2.24, 2.45) is 5.92 Å². The Bertz CT molecular complexity index is 941. The Morgan fingerprint density at radius 2 is 1.88 bits per heavy atom. The summed E-state index contributed by atoms with van der Waals surface area (Å²) in [5, 5.41) is 5.84. The van der Waals surface area contributed by atoms with Crippen molar-refractivity contribution in [2.75, 3.05) is 6.61 Å². The summed E-state index contributed by atoms with van der Waals surface area (Å²) in [5.41, 5.74) is 1.49. The maximum atomic E-state index is 12.2. The first-order valence-corrected chi connectivity index (χ1v) is 8.78.